The minimum Gasteiger partial charge on any atom is -0.494 e. The summed E-state index contributed by atoms with van der Waals surface area (Å²) in [6.07, 6.45) is 7.54. The molecule has 7 heteroatoms. The van der Waals surface area contributed by atoms with Crippen LogP contribution >= 0.6 is 12.2 Å². The molecule has 1 aromatic rings. The Bertz CT molecular complexity index is 925. The van der Waals surface area contributed by atoms with Gasteiger partial charge in [0.2, 0.25) is 0 Å². The number of hydrogen-bond acceptors (Lipinski definition) is 5. The molecule has 0 bridgehead atoms. The Kier molecular flexibility index (Phi) is 10.4. The van der Waals surface area contributed by atoms with E-state index < -0.39 is 0 Å². The number of aromatic nitrogens is 2. The Morgan fingerprint density at radius 1 is 0.886 bits per heavy atom. The molecule has 0 aromatic carbocycles. The summed E-state index contributed by atoms with van der Waals surface area (Å²) in [4.78, 5) is 12.6. The molecule has 35 heavy (non-hydrogen) atoms. The lowest BCUT2D eigenvalue weighted by Crippen LogP contribution is -2.38. The number of hydrogen-bond donors (Lipinski definition) is 1. The van der Waals surface area contributed by atoms with Crippen LogP contribution in [0.1, 0.15) is 80.1 Å². The molecule has 6 unspecified atom stereocenters. The van der Waals surface area contributed by atoms with Crippen molar-refractivity contribution < 1.29 is 14.6 Å². The predicted molar refractivity (Wildman–Crippen MR) is 143 cm³/mol. The van der Waals surface area contributed by atoms with Crippen LogP contribution in [0.2, 0.25) is 0 Å². The van der Waals surface area contributed by atoms with Gasteiger partial charge in [-0.25, -0.2) is 0 Å². The third-order valence-electron chi connectivity index (χ3n) is 8.56. The van der Waals surface area contributed by atoms with Crippen molar-refractivity contribution in [2.24, 2.45) is 35.5 Å². The molecule has 2 saturated carbocycles. The molecule has 0 amide bonds. The molecule has 2 aliphatic rings. The molecule has 2 fully saturated rings. The van der Waals surface area contributed by atoms with Gasteiger partial charge in [-0.3, -0.25) is 13.9 Å². The van der Waals surface area contributed by atoms with Crippen molar-refractivity contribution in [1.29, 1.82) is 0 Å². The van der Waals surface area contributed by atoms with Gasteiger partial charge in [0, 0.05) is 0 Å². The van der Waals surface area contributed by atoms with E-state index in [0.717, 1.165) is 12.8 Å². The fourth-order valence-corrected chi connectivity index (χ4v) is 7.32. The highest BCUT2D eigenvalue weighted by molar-refractivity contribution is 7.71. The van der Waals surface area contributed by atoms with E-state index in [9.17, 15) is 9.90 Å². The SMILES string of the molecule is CC(C)C1C(C)CCCC1OCCn1c(O)cc(=O)n(CCOC2CCCC(C)C2C(C)C)c1=S. The van der Waals surface area contributed by atoms with Crippen LogP contribution in [-0.4, -0.2) is 39.7 Å². The lowest BCUT2D eigenvalue weighted by molar-refractivity contribution is -0.0505. The van der Waals surface area contributed by atoms with E-state index in [1.54, 1.807) is 9.13 Å². The first-order valence-corrected chi connectivity index (χ1v) is 14.3. The Morgan fingerprint density at radius 3 is 1.80 bits per heavy atom. The first kappa shape index (κ1) is 28.4. The quantitative estimate of drug-likeness (QED) is 0.390. The van der Waals surface area contributed by atoms with Gasteiger partial charge in [0.25, 0.3) is 5.56 Å². The van der Waals surface area contributed by atoms with Crippen molar-refractivity contribution in [3.05, 3.63) is 21.2 Å². The smallest absolute Gasteiger partial charge is 0.258 e. The summed E-state index contributed by atoms with van der Waals surface area (Å²) >= 11 is 5.63. The molecule has 6 nitrogen and oxygen atoms in total. The summed E-state index contributed by atoms with van der Waals surface area (Å²) in [6, 6.07) is 1.26. The molecule has 0 spiro atoms. The monoisotopic (exact) mass is 508 g/mol. The van der Waals surface area contributed by atoms with Gasteiger partial charge in [0.15, 0.2) is 10.7 Å². The molecule has 0 radical (unpaired) electrons. The molecule has 6 atom stereocenters. The maximum absolute atomic E-state index is 12.6. The number of rotatable bonds is 10. The highest BCUT2D eigenvalue weighted by Gasteiger charge is 2.34. The number of aromatic hydroxyl groups is 1. The van der Waals surface area contributed by atoms with Gasteiger partial charge in [-0.2, -0.15) is 0 Å². The van der Waals surface area contributed by atoms with E-state index in [1.165, 1.54) is 31.7 Å². The minimum absolute atomic E-state index is 0.0980. The van der Waals surface area contributed by atoms with Crippen molar-refractivity contribution in [3.8, 4) is 5.88 Å². The van der Waals surface area contributed by atoms with Crippen LogP contribution in [0, 0.1) is 40.3 Å². The van der Waals surface area contributed by atoms with E-state index in [2.05, 4.69) is 41.5 Å². The zero-order chi connectivity index (χ0) is 25.7. The summed E-state index contributed by atoms with van der Waals surface area (Å²) in [7, 11) is 0. The summed E-state index contributed by atoms with van der Waals surface area (Å²) in [5.74, 6) is 3.47. The highest BCUT2D eigenvalue weighted by atomic mass is 32.1. The first-order valence-electron chi connectivity index (χ1n) is 13.9. The van der Waals surface area contributed by atoms with E-state index in [1.807, 2.05) is 0 Å². The Labute approximate surface area is 217 Å². The van der Waals surface area contributed by atoms with Gasteiger partial charge in [-0.15, -0.1) is 0 Å². The lowest BCUT2D eigenvalue weighted by Gasteiger charge is -2.39. The fourth-order valence-electron chi connectivity index (χ4n) is 6.96. The molecule has 0 aliphatic heterocycles. The summed E-state index contributed by atoms with van der Waals surface area (Å²) in [5, 5.41) is 10.5. The van der Waals surface area contributed by atoms with Crippen molar-refractivity contribution in [2.75, 3.05) is 13.2 Å². The lowest BCUT2D eigenvalue weighted by atomic mass is 9.72. The summed E-state index contributed by atoms with van der Waals surface area (Å²) < 4.78 is 16.1. The van der Waals surface area contributed by atoms with Gasteiger partial charge >= 0.3 is 0 Å². The molecule has 2 aliphatic carbocycles. The van der Waals surface area contributed by atoms with Gasteiger partial charge in [-0.1, -0.05) is 67.2 Å². The maximum atomic E-state index is 12.6. The average Bonchev–Trinajstić information content (AvgIpc) is 2.77. The topological polar surface area (TPSA) is 65.6 Å². The average molecular weight is 509 g/mol. The fraction of sp³-hybridized carbons (Fsp3) is 0.857. The molecular weight excluding hydrogens is 460 g/mol. The second-order valence-electron chi connectivity index (χ2n) is 11.7. The largest absolute Gasteiger partial charge is 0.494 e. The van der Waals surface area contributed by atoms with Gasteiger partial charge in [0.05, 0.1) is 44.6 Å². The third kappa shape index (κ3) is 6.98. The van der Waals surface area contributed by atoms with Crippen LogP contribution in [0.4, 0.5) is 0 Å². The standard InChI is InChI=1S/C28H48N2O4S/c1-18(2)26-20(5)9-7-11-22(26)33-15-13-29-24(31)17-25(32)30(28(29)35)14-16-34-23-12-8-10-21(6)27(23)19(3)4/h17-23,26-27,31H,7-16H2,1-6H3. The van der Waals surface area contributed by atoms with Crippen LogP contribution in [0.15, 0.2) is 10.9 Å². The zero-order valence-electron chi connectivity index (χ0n) is 22.7. The Morgan fingerprint density at radius 2 is 1.34 bits per heavy atom. The van der Waals surface area contributed by atoms with Gasteiger partial charge in [0.1, 0.15) is 0 Å². The van der Waals surface area contributed by atoms with Crippen LogP contribution in [-0.2, 0) is 22.6 Å². The number of ether oxygens (including phenoxy) is 2. The maximum Gasteiger partial charge on any atom is 0.258 e. The van der Waals surface area contributed by atoms with Gasteiger partial charge < -0.3 is 14.6 Å². The molecule has 0 saturated heterocycles. The second kappa shape index (κ2) is 12.9. The predicted octanol–water partition coefficient (Wildman–Crippen LogP) is 6.04. The number of nitrogens with zero attached hydrogens (tertiary/aromatic N) is 2. The first-order chi connectivity index (χ1) is 16.6. The molecule has 3 rings (SSSR count). The summed E-state index contributed by atoms with van der Waals surface area (Å²) in [6.45, 7) is 15.5. The van der Waals surface area contributed by atoms with Crippen molar-refractivity contribution in [3.63, 3.8) is 0 Å². The third-order valence-corrected chi connectivity index (χ3v) is 9.00. The second-order valence-corrected chi connectivity index (χ2v) is 12.1. The van der Waals surface area contributed by atoms with Crippen LogP contribution in [0.5, 0.6) is 5.88 Å². The van der Waals surface area contributed by atoms with Gasteiger partial charge in [-0.05, 0) is 60.6 Å². The zero-order valence-corrected chi connectivity index (χ0v) is 23.6. The van der Waals surface area contributed by atoms with E-state index >= 15 is 0 Å². The molecule has 1 N–H and O–H groups in total. The van der Waals surface area contributed by atoms with Crippen molar-refractivity contribution >= 4 is 12.2 Å². The minimum atomic E-state index is -0.285. The Balaban J connectivity index is 1.62. The van der Waals surface area contributed by atoms with E-state index in [-0.39, 0.29) is 23.6 Å². The van der Waals surface area contributed by atoms with Crippen molar-refractivity contribution in [1.82, 2.24) is 9.13 Å². The molecule has 200 valence electrons. The molecular formula is C28H48N2O4S. The van der Waals surface area contributed by atoms with E-state index in [0.29, 0.717) is 66.6 Å². The summed E-state index contributed by atoms with van der Waals surface area (Å²) in [5.41, 5.74) is -0.285. The molecule has 1 aromatic heterocycles. The van der Waals surface area contributed by atoms with E-state index in [4.69, 9.17) is 21.7 Å². The highest BCUT2D eigenvalue weighted by Crippen LogP contribution is 2.37. The van der Waals surface area contributed by atoms with Crippen LogP contribution < -0.4 is 5.56 Å². The van der Waals surface area contributed by atoms with Crippen LogP contribution in [0.3, 0.4) is 0 Å². The van der Waals surface area contributed by atoms with Crippen molar-refractivity contribution in [2.45, 2.75) is 105 Å². The molecule has 1 heterocycles. The Hall–Kier alpha value is -1.18. The normalized spacial score (nSPS) is 29.7. The van der Waals surface area contributed by atoms with Crippen LogP contribution in [0.25, 0.3) is 0 Å².